The number of benzene rings is 1. The molecular weight excluding hydrogens is 233 g/mol. The Bertz CT molecular complexity index is 398. The van der Waals surface area contributed by atoms with Crippen molar-refractivity contribution < 1.29 is 13.9 Å². The number of nitrogens with one attached hydrogen (secondary N) is 1. The second kappa shape index (κ2) is 5.16. The number of aryl methyl sites for hydroxylation is 1. The molecule has 1 heterocycles. The number of cyclic esters (lactones) is 1. The topological polar surface area (TPSA) is 38.3 Å². The number of alkyl carbamates (subject to hydrolysis) is 1. The van der Waals surface area contributed by atoms with E-state index >= 15 is 0 Å². The molecule has 2 rings (SSSR count). The van der Waals surface area contributed by atoms with Crippen molar-refractivity contribution in [2.24, 2.45) is 0 Å². The average molecular weight is 246 g/mol. The Morgan fingerprint density at radius 3 is 2.88 bits per heavy atom. The minimum Gasteiger partial charge on any atom is -0.449 e. The van der Waals surface area contributed by atoms with Gasteiger partial charge in [0.15, 0.2) is 0 Å². The van der Waals surface area contributed by atoms with Crippen molar-refractivity contribution in [3.8, 4) is 0 Å². The lowest BCUT2D eigenvalue weighted by Gasteiger charge is -2.23. The van der Waals surface area contributed by atoms with E-state index in [4.69, 9.17) is 4.74 Å². The monoisotopic (exact) mass is 245 g/mol. The Hall–Kier alpha value is -1.29. The molecule has 1 amide bonds. The normalized spacial score (nSPS) is 19.4. The molecule has 1 saturated heterocycles. The van der Waals surface area contributed by atoms with Gasteiger partial charge in [-0.05, 0) is 24.1 Å². The molecule has 0 saturated carbocycles. The van der Waals surface area contributed by atoms with Crippen molar-refractivity contribution in [1.29, 1.82) is 0 Å². The number of ether oxygens (including phenoxy) is 1. The summed E-state index contributed by atoms with van der Waals surface area (Å²) in [6.07, 6.45) is 0.237. The molecule has 1 aromatic rings. The van der Waals surface area contributed by atoms with Crippen molar-refractivity contribution in [3.63, 3.8) is 0 Å². The van der Waals surface area contributed by atoms with E-state index in [0.717, 1.165) is 5.56 Å². The van der Waals surface area contributed by atoms with Gasteiger partial charge in [-0.1, -0.05) is 12.1 Å². The van der Waals surface area contributed by atoms with E-state index in [-0.39, 0.29) is 24.3 Å². The Balaban J connectivity index is 0.00000128. The second-order valence-corrected chi connectivity index (χ2v) is 3.63. The highest BCUT2D eigenvalue weighted by atomic mass is 35.5. The number of amides is 1. The van der Waals surface area contributed by atoms with E-state index in [0.29, 0.717) is 18.6 Å². The van der Waals surface area contributed by atoms with Gasteiger partial charge in [-0.3, -0.25) is 0 Å². The van der Waals surface area contributed by atoms with Gasteiger partial charge >= 0.3 is 6.09 Å². The van der Waals surface area contributed by atoms with Gasteiger partial charge < -0.3 is 10.1 Å². The summed E-state index contributed by atoms with van der Waals surface area (Å²) in [6, 6.07) is 4.87. The van der Waals surface area contributed by atoms with Gasteiger partial charge in [0.05, 0.1) is 12.6 Å². The number of hydrogen-bond acceptors (Lipinski definition) is 2. The highest BCUT2D eigenvalue weighted by molar-refractivity contribution is 5.85. The maximum absolute atomic E-state index is 13.3. The van der Waals surface area contributed by atoms with E-state index in [1.807, 2.05) is 6.07 Å². The summed E-state index contributed by atoms with van der Waals surface area (Å²) in [5.41, 5.74) is 1.40. The molecule has 0 aliphatic carbocycles. The van der Waals surface area contributed by atoms with Crippen molar-refractivity contribution in [2.45, 2.75) is 19.4 Å². The van der Waals surface area contributed by atoms with Crippen molar-refractivity contribution in [2.75, 3.05) is 6.61 Å². The Morgan fingerprint density at radius 2 is 2.25 bits per heavy atom. The minimum absolute atomic E-state index is 0. The summed E-state index contributed by atoms with van der Waals surface area (Å²) in [5.74, 6) is -0.242. The quantitative estimate of drug-likeness (QED) is 0.826. The molecule has 1 fully saturated rings. The highest BCUT2D eigenvalue weighted by Gasteiger charge is 2.21. The lowest BCUT2D eigenvalue weighted by molar-refractivity contribution is 0.115. The predicted molar refractivity (Wildman–Crippen MR) is 60.2 cm³/mol. The van der Waals surface area contributed by atoms with Gasteiger partial charge in [0.2, 0.25) is 0 Å². The lowest BCUT2D eigenvalue weighted by Crippen LogP contribution is -2.35. The third-order valence-electron chi connectivity index (χ3n) is 2.53. The van der Waals surface area contributed by atoms with Crippen LogP contribution >= 0.6 is 12.4 Å². The van der Waals surface area contributed by atoms with Crippen LogP contribution in [0, 0.1) is 12.7 Å². The summed E-state index contributed by atoms with van der Waals surface area (Å²) in [6.45, 7) is 2.09. The van der Waals surface area contributed by atoms with Crippen LogP contribution in [0.5, 0.6) is 0 Å². The van der Waals surface area contributed by atoms with Gasteiger partial charge in [0, 0.05) is 6.42 Å². The van der Waals surface area contributed by atoms with Crippen LogP contribution in [0.15, 0.2) is 18.2 Å². The smallest absolute Gasteiger partial charge is 0.407 e. The van der Waals surface area contributed by atoms with E-state index in [1.165, 1.54) is 6.07 Å². The molecule has 88 valence electrons. The van der Waals surface area contributed by atoms with Crippen molar-refractivity contribution in [1.82, 2.24) is 5.32 Å². The lowest BCUT2D eigenvalue weighted by atomic mass is 10.0. The van der Waals surface area contributed by atoms with E-state index in [9.17, 15) is 9.18 Å². The zero-order valence-corrected chi connectivity index (χ0v) is 9.64. The molecule has 1 aliphatic rings. The molecule has 1 atom stereocenters. The number of carbonyl (C=O) groups excluding carboxylic acids is 1. The highest BCUT2D eigenvalue weighted by Crippen LogP contribution is 2.21. The maximum Gasteiger partial charge on any atom is 0.407 e. The zero-order valence-electron chi connectivity index (χ0n) is 8.83. The fourth-order valence-corrected chi connectivity index (χ4v) is 1.60. The third kappa shape index (κ3) is 2.64. The molecule has 3 nitrogen and oxygen atoms in total. The van der Waals surface area contributed by atoms with Crippen LogP contribution < -0.4 is 5.32 Å². The molecule has 0 radical (unpaired) electrons. The van der Waals surface area contributed by atoms with Crippen LogP contribution in [-0.4, -0.2) is 12.7 Å². The average Bonchev–Trinajstić information content (AvgIpc) is 2.22. The molecule has 0 bridgehead atoms. The molecule has 16 heavy (non-hydrogen) atoms. The van der Waals surface area contributed by atoms with Gasteiger partial charge in [-0.2, -0.15) is 0 Å². The molecule has 1 aromatic carbocycles. The van der Waals surface area contributed by atoms with E-state index in [2.05, 4.69) is 5.32 Å². The zero-order chi connectivity index (χ0) is 10.8. The molecule has 0 unspecified atom stereocenters. The predicted octanol–water partition coefficient (Wildman–Crippen LogP) is 2.73. The van der Waals surface area contributed by atoms with Crippen LogP contribution in [0.2, 0.25) is 0 Å². The first-order valence-electron chi connectivity index (χ1n) is 4.86. The van der Waals surface area contributed by atoms with Crippen LogP contribution in [0.4, 0.5) is 9.18 Å². The van der Waals surface area contributed by atoms with Crippen LogP contribution in [0.3, 0.4) is 0 Å². The molecule has 0 spiro atoms. The summed E-state index contributed by atoms with van der Waals surface area (Å²) >= 11 is 0. The molecule has 0 aromatic heterocycles. The van der Waals surface area contributed by atoms with Crippen LogP contribution in [0.25, 0.3) is 0 Å². The summed E-state index contributed by atoms with van der Waals surface area (Å²) < 4.78 is 18.0. The molecule has 5 heteroatoms. The minimum atomic E-state index is -0.438. The summed E-state index contributed by atoms with van der Waals surface area (Å²) in [7, 11) is 0. The van der Waals surface area contributed by atoms with Crippen molar-refractivity contribution in [3.05, 3.63) is 35.1 Å². The van der Waals surface area contributed by atoms with Crippen LogP contribution in [-0.2, 0) is 4.74 Å². The summed E-state index contributed by atoms with van der Waals surface area (Å²) in [5, 5.41) is 2.65. The standard InChI is InChI=1S/C11H12FNO2.ClH/c1-7-2-3-8(6-9(7)12)10-4-5-15-11(14)13-10;/h2-3,6,10H,4-5H2,1H3,(H,13,14);1H/t10-;/m0./s1. The summed E-state index contributed by atoms with van der Waals surface area (Å²) in [4.78, 5) is 11.0. The second-order valence-electron chi connectivity index (χ2n) is 3.63. The largest absolute Gasteiger partial charge is 0.449 e. The Labute approximate surface area is 99.4 Å². The maximum atomic E-state index is 13.3. The van der Waals surface area contributed by atoms with Gasteiger partial charge in [-0.25, -0.2) is 9.18 Å². The van der Waals surface area contributed by atoms with E-state index in [1.54, 1.807) is 13.0 Å². The fraction of sp³-hybridized carbons (Fsp3) is 0.364. The third-order valence-corrected chi connectivity index (χ3v) is 2.53. The molecule has 1 aliphatic heterocycles. The van der Waals surface area contributed by atoms with E-state index < -0.39 is 6.09 Å². The van der Waals surface area contributed by atoms with Gasteiger partial charge in [0.1, 0.15) is 5.82 Å². The van der Waals surface area contributed by atoms with Crippen molar-refractivity contribution >= 4 is 18.5 Å². The van der Waals surface area contributed by atoms with Crippen LogP contribution in [0.1, 0.15) is 23.6 Å². The SMILES string of the molecule is Cc1ccc([C@@H]2CCOC(=O)N2)cc1F.Cl. The number of halogens is 2. The molecular formula is C11H13ClFNO2. The van der Waals surface area contributed by atoms with Gasteiger partial charge in [-0.15, -0.1) is 12.4 Å². The first kappa shape index (κ1) is 12.8. The molecule has 1 N–H and O–H groups in total. The first-order valence-corrected chi connectivity index (χ1v) is 4.86. The number of hydrogen-bond donors (Lipinski definition) is 1. The first-order chi connectivity index (χ1) is 7.16. The Kier molecular flexibility index (Phi) is 4.12. The number of carbonyl (C=O) groups is 1. The Morgan fingerprint density at radius 1 is 1.50 bits per heavy atom. The fourth-order valence-electron chi connectivity index (χ4n) is 1.60. The number of rotatable bonds is 1. The van der Waals surface area contributed by atoms with Gasteiger partial charge in [0.25, 0.3) is 0 Å².